The van der Waals surface area contributed by atoms with Crippen LogP contribution in [0.1, 0.15) is 6.92 Å². The number of hydrogen-bond acceptors (Lipinski definition) is 5. The van der Waals surface area contributed by atoms with Gasteiger partial charge in [-0.1, -0.05) is 30.3 Å². The Bertz CT molecular complexity index is 1510. The van der Waals surface area contributed by atoms with Gasteiger partial charge in [-0.3, -0.25) is 9.52 Å². The quantitative estimate of drug-likeness (QED) is 0.277. The van der Waals surface area contributed by atoms with Crippen LogP contribution in [0.25, 0.3) is 27.7 Å². The van der Waals surface area contributed by atoms with Crippen LogP contribution in [0.15, 0.2) is 72.9 Å². The number of esters is 1. The maximum atomic E-state index is 12.6. The van der Waals surface area contributed by atoms with Crippen molar-refractivity contribution in [1.82, 2.24) is 4.57 Å². The summed E-state index contributed by atoms with van der Waals surface area (Å²) in [5.74, 6) is -0.723. The van der Waals surface area contributed by atoms with Crippen LogP contribution < -0.4 is 14.2 Å². The maximum absolute atomic E-state index is 12.6. The summed E-state index contributed by atoms with van der Waals surface area (Å²) in [6.45, 7) is 1.25. The number of sulfonamides is 1. The van der Waals surface area contributed by atoms with E-state index in [0.29, 0.717) is 33.4 Å². The molecule has 0 saturated heterocycles. The highest BCUT2D eigenvalue weighted by atomic mass is 32.2. The maximum Gasteiger partial charge on any atom is 0.573 e. The molecule has 11 heteroatoms. The van der Waals surface area contributed by atoms with Gasteiger partial charge in [0.25, 0.3) is 0 Å². The van der Waals surface area contributed by atoms with E-state index in [1.54, 1.807) is 53.2 Å². The SMILES string of the molecule is CC(=O)Oc1cccc(-c2ccc(OC(F)(F)F)cc2)c1-n1ccc2c(NS(C)(=O)=O)cccc21. The van der Waals surface area contributed by atoms with Crippen molar-refractivity contribution >= 4 is 32.6 Å². The first-order chi connectivity index (χ1) is 16.4. The Kier molecular flexibility index (Phi) is 6.20. The number of halogens is 3. The van der Waals surface area contributed by atoms with Gasteiger partial charge < -0.3 is 14.0 Å². The average molecular weight is 504 g/mol. The highest BCUT2D eigenvalue weighted by molar-refractivity contribution is 7.92. The first kappa shape index (κ1) is 24.1. The van der Waals surface area contributed by atoms with E-state index in [9.17, 15) is 26.4 Å². The molecule has 4 rings (SSSR count). The number of nitrogens with one attached hydrogen (secondary N) is 1. The molecule has 0 aliphatic heterocycles. The molecule has 1 aromatic heterocycles. The Morgan fingerprint density at radius 1 is 0.971 bits per heavy atom. The normalized spacial score (nSPS) is 11.9. The van der Waals surface area contributed by atoms with Crippen molar-refractivity contribution in [2.75, 3.05) is 11.0 Å². The smallest absolute Gasteiger partial charge is 0.424 e. The van der Waals surface area contributed by atoms with Crippen LogP contribution in [0, 0.1) is 0 Å². The van der Waals surface area contributed by atoms with E-state index in [0.717, 1.165) is 6.26 Å². The molecule has 0 unspecified atom stereocenters. The van der Waals surface area contributed by atoms with Crippen molar-refractivity contribution in [3.63, 3.8) is 0 Å². The van der Waals surface area contributed by atoms with Crippen molar-refractivity contribution in [3.8, 4) is 28.3 Å². The Morgan fingerprint density at radius 2 is 1.66 bits per heavy atom. The molecular weight excluding hydrogens is 485 g/mol. The second-order valence-electron chi connectivity index (χ2n) is 7.62. The Morgan fingerprint density at radius 3 is 2.29 bits per heavy atom. The summed E-state index contributed by atoms with van der Waals surface area (Å²) < 4.78 is 74.8. The van der Waals surface area contributed by atoms with Gasteiger partial charge in [0, 0.05) is 24.1 Å². The van der Waals surface area contributed by atoms with Gasteiger partial charge in [-0.25, -0.2) is 8.42 Å². The second kappa shape index (κ2) is 8.99. The number of fused-ring (bicyclic) bond motifs is 1. The van der Waals surface area contributed by atoms with Crippen molar-refractivity contribution in [3.05, 3.63) is 72.9 Å². The summed E-state index contributed by atoms with van der Waals surface area (Å²) in [5.41, 5.74) is 2.51. The minimum Gasteiger partial charge on any atom is -0.424 e. The summed E-state index contributed by atoms with van der Waals surface area (Å²) in [6.07, 6.45) is -2.09. The Balaban J connectivity index is 1.90. The van der Waals surface area contributed by atoms with Crippen molar-refractivity contribution in [2.45, 2.75) is 13.3 Å². The lowest BCUT2D eigenvalue weighted by Crippen LogP contribution is -2.16. The molecule has 0 saturated carbocycles. The topological polar surface area (TPSA) is 86.6 Å². The summed E-state index contributed by atoms with van der Waals surface area (Å²) in [4.78, 5) is 11.8. The molecule has 0 bridgehead atoms. The van der Waals surface area contributed by atoms with Gasteiger partial charge in [0.2, 0.25) is 10.0 Å². The third kappa shape index (κ3) is 5.57. The number of aromatic nitrogens is 1. The zero-order chi connectivity index (χ0) is 25.4. The minimum absolute atomic E-state index is 0.213. The fourth-order valence-corrected chi connectivity index (χ4v) is 4.31. The molecule has 182 valence electrons. The molecule has 0 aliphatic carbocycles. The number of hydrogen-bond donors (Lipinski definition) is 1. The lowest BCUT2D eigenvalue weighted by atomic mass is 10.0. The van der Waals surface area contributed by atoms with Crippen LogP contribution in [-0.4, -0.2) is 31.6 Å². The summed E-state index contributed by atoms with van der Waals surface area (Å²) in [5, 5.41) is 0.593. The van der Waals surface area contributed by atoms with Crippen LogP contribution in [0.2, 0.25) is 0 Å². The molecule has 0 fully saturated rings. The predicted molar refractivity (Wildman–Crippen MR) is 125 cm³/mol. The summed E-state index contributed by atoms with van der Waals surface area (Å²) in [6, 6.07) is 17.0. The van der Waals surface area contributed by atoms with E-state index in [-0.39, 0.29) is 11.5 Å². The number of anilines is 1. The molecule has 0 spiro atoms. The van der Waals surface area contributed by atoms with Crippen LogP contribution in [0.5, 0.6) is 11.5 Å². The number of nitrogens with zero attached hydrogens (tertiary/aromatic N) is 1. The van der Waals surface area contributed by atoms with Crippen LogP contribution in [0.4, 0.5) is 18.9 Å². The van der Waals surface area contributed by atoms with E-state index in [2.05, 4.69) is 9.46 Å². The van der Waals surface area contributed by atoms with E-state index in [4.69, 9.17) is 4.74 Å². The third-order valence-electron chi connectivity index (χ3n) is 4.92. The summed E-state index contributed by atoms with van der Waals surface area (Å²) in [7, 11) is -3.54. The zero-order valence-electron chi connectivity index (χ0n) is 18.5. The number of ether oxygens (including phenoxy) is 2. The standard InChI is InChI=1S/C24H19F3N2O5S/c1-15(30)33-22-8-3-5-18(16-9-11-17(12-10-16)34-24(25,26)27)23(22)29-14-13-19-20(28-35(2,31)32)6-4-7-21(19)29/h3-14,28H,1-2H3. The van der Waals surface area contributed by atoms with E-state index in [1.807, 2.05) is 0 Å². The lowest BCUT2D eigenvalue weighted by molar-refractivity contribution is -0.274. The number of benzene rings is 3. The lowest BCUT2D eigenvalue weighted by Gasteiger charge is -2.17. The molecule has 4 aromatic rings. The molecule has 35 heavy (non-hydrogen) atoms. The van der Waals surface area contributed by atoms with Gasteiger partial charge in [0.1, 0.15) is 5.75 Å². The van der Waals surface area contributed by atoms with Crippen molar-refractivity contribution in [2.24, 2.45) is 0 Å². The number of para-hydroxylation sites is 1. The van der Waals surface area contributed by atoms with Gasteiger partial charge in [-0.05, 0) is 42.0 Å². The molecule has 0 amide bonds. The number of carbonyl (C=O) groups is 1. The number of carbonyl (C=O) groups excluding carboxylic acids is 1. The first-order valence-electron chi connectivity index (χ1n) is 10.2. The first-order valence-corrected chi connectivity index (χ1v) is 12.1. The molecular formula is C24H19F3N2O5S. The fraction of sp³-hybridized carbons (Fsp3) is 0.125. The largest absolute Gasteiger partial charge is 0.573 e. The van der Waals surface area contributed by atoms with Gasteiger partial charge in [-0.2, -0.15) is 0 Å². The molecule has 1 heterocycles. The monoisotopic (exact) mass is 504 g/mol. The van der Waals surface area contributed by atoms with Gasteiger partial charge in [-0.15, -0.1) is 13.2 Å². The van der Waals surface area contributed by atoms with Crippen LogP contribution in [-0.2, 0) is 14.8 Å². The van der Waals surface area contributed by atoms with Crippen LogP contribution >= 0.6 is 0 Å². The fourth-order valence-electron chi connectivity index (χ4n) is 3.73. The third-order valence-corrected chi connectivity index (χ3v) is 5.51. The number of rotatable bonds is 6. The molecule has 0 atom stereocenters. The Labute approximate surface area is 198 Å². The van der Waals surface area contributed by atoms with E-state index < -0.39 is 22.4 Å². The van der Waals surface area contributed by atoms with Crippen LogP contribution in [0.3, 0.4) is 0 Å². The Hall–Kier alpha value is -3.99. The second-order valence-corrected chi connectivity index (χ2v) is 9.36. The van der Waals surface area contributed by atoms with Gasteiger partial charge in [0.05, 0.1) is 23.1 Å². The molecule has 0 radical (unpaired) electrons. The number of alkyl halides is 3. The molecule has 3 aromatic carbocycles. The van der Waals surface area contributed by atoms with Crippen molar-refractivity contribution in [1.29, 1.82) is 0 Å². The van der Waals surface area contributed by atoms with Crippen molar-refractivity contribution < 1.29 is 35.9 Å². The van der Waals surface area contributed by atoms with E-state index in [1.165, 1.54) is 31.2 Å². The highest BCUT2D eigenvalue weighted by Crippen LogP contribution is 2.38. The minimum atomic E-state index is -4.82. The molecule has 0 aliphatic rings. The summed E-state index contributed by atoms with van der Waals surface area (Å²) >= 11 is 0. The van der Waals surface area contributed by atoms with Gasteiger partial charge >= 0.3 is 12.3 Å². The molecule has 7 nitrogen and oxygen atoms in total. The predicted octanol–water partition coefficient (Wildman–Crippen LogP) is 5.49. The zero-order valence-corrected chi connectivity index (χ0v) is 19.3. The molecule has 1 N–H and O–H groups in total. The van der Waals surface area contributed by atoms with Gasteiger partial charge in [0.15, 0.2) is 5.75 Å². The average Bonchev–Trinajstić information content (AvgIpc) is 3.16. The van der Waals surface area contributed by atoms with E-state index >= 15 is 0 Å². The highest BCUT2D eigenvalue weighted by Gasteiger charge is 2.31.